The standard InChI is InChI=1S/C23H36N4O3/c1-19(2)27(23(29)9-8-22(28)26-12-14-30-15-13-26)18-21-17-25(11-10-24-21)16-20-6-4-3-5-7-20/h3-7,19,21,24H,8-18H2,1-2H3. The van der Waals surface area contributed by atoms with E-state index in [1.54, 1.807) is 4.90 Å². The Morgan fingerprint density at radius 2 is 1.87 bits per heavy atom. The van der Waals surface area contributed by atoms with Gasteiger partial charge in [0.15, 0.2) is 0 Å². The molecule has 0 aromatic heterocycles. The van der Waals surface area contributed by atoms with Gasteiger partial charge in [0, 0.05) is 70.7 Å². The summed E-state index contributed by atoms with van der Waals surface area (Å²) in [5.74, 6) is 0.119. The molecular formula is C23H36N4O3. The van der Waals surface area contributed by atoms with Crippen molar-refractivity contribution in [3.05, 3.63) is 35.9 Å². The smallest absolute Gasteiger partial charge is 0.223 e. The maximum Gasteiger partial charge on any atom is 0.223 e. The van der Waals surface area contributed by atoms with Crippen molar-refractivity contribution in [1.29, 1.82) is 0 Å². The highest BCUT2D eigenvalue weighted by atomic mass is 16.5. The van der Waals surface area contributed by atoms with Crippen LogP contribution in [-0.2, 0) is 20.9 Å². The van der Waals surface area contributed by atoms with Crippen molar-refractivity contribution in [2.75, 3.05) is 52.5 Å². The molecule has 3 rings (SSSR count). The van der Waals surface area contributed by atoms with Gasteiger partial charge in [-0.25, -0.2) is 0 Å². The molecule has 1 atom stereocenters. The fourth-order valence-electron chi connectivity index (χ4n) is 4.17. The Balaban J connectivity index is 1.48. The minimum Gasteiger partial charge on any atom is -0.378 e. The van der Waals surface area contributed by atoms with E-state index in [9.17, 15) is 9.59 Å². The monoisotopic (exact) mass is 416 g/mol. The molecule has 2 amide bonds. The first kappa shape index (κ1) is 22.7. The third-order valence-electron chi connectivity index (χ3n) is 5.87. The van der Waals surface area contributed by atoms with Crippen molar-refractivity contribution in [1.82, 2.24) is 20.0 Å². The Morgan fingerprint density at radius 1 is 1.13 bits per heavy atom. The lowest BCUT2D eigenvalue weighted by Crippen LogP contribution is -2.56. The van der Waals surface area contributed by atoms with E-state index in [-0.39, 0.29) is 36.7 Å². The van der Waals surface area contributed by atoms with E-state index in [4.69, 9.17) is 4.74 Å². The molecule has 0 aliphatic carbocycles. The van der Waals surface area contributed by atoms with Gasteiger partial charge in [0.25, 0.3) is 0 Å². The second kappa shape index (κ2) is 11.4. The molecule has 2 aliphatic rings. The third-order valence-corrected chi connectivity index (χ3v) is 5.87. The SMILES string of the molecule is CC(C)N(CC1CN(Cc2ccccc2)CCN1)C(=O)CCC(=O)N1CCOCC1. The zero-order valence-electron chi connectivity index (χ0n) is 18.4. The minimum atomic E-state index is 0.0557. The molecule has 30 heavy (non-hydrogen) atoms. The predicted molar refractivity (Wildman–Crippen MR) is 117 cm³/mol. The minimum absolute atomic E-state index is 0.0557. The largest absolute Gasteiger partial charge is 0.378 e. The number of hydrogen-bond acceptors (Lipinski definition) is 5. The number of piperazine rings is 1. The predicted octanol–water partition coefficient (Wildman–Crippen LogP) is 1.34. The van der Waals surface area contributed by atoms with Crippen LogP contribution in [-0.4, -0.2) is 91.1 Å². The lowest BCUT2D eigenvalue weighted by Gasteiger charge is -2.38. The molecule has 1 aromatic carbocycles. The molecule has 7 nitrogen and oxygen atoms in total. The molecule has 1 aromatic rings. The van der Waals surface area contributed by atoms with Crippen molar-refractivity contribution in [3.8, 4) is 0 Å². The summed E-state index contributed by atoms with van der Waals surface area (Å²) in [7, 11) is 0. The van der Waals surface area contributed by atoms with Gasteiger partial charge < -0.3 is 19.9 Å². The van der Waals surface area contributed by atoms with Gasteiger partial charge in [0.05, 0.1) is 13.2 Å². The second-order valence-electron chi connectivity index (χ2n) is 8.50. The number of rotatable bonds is 8. The fraction of sp³-hybridized carbons (Fsp3) is 0.652. The summed E-state index contributed by atoms with van der Waals surface area (Å²) in [5, 5.41) is 3.57. The number of morpholine rings is 1. The molecule has 2 fully saturated rings. The quantitative estimate of drug-likeness (QED) is 0.693. The highest BCUT2D eigenvalue weighted by molar-refractivity contribution is 5.84. The number of carbonyl (C=O) groups excluding carboxylic acids is 2. The van der Waals surface area contributed by atoms with Crippen LogP contribution in [0.4, 0.5) is 0 Å². The van der Waals surface area contributed by atoms with Gasteiger partial charge in [-0.3, -0.25) is 14.5 Å². The average Bonchev–Trinajstić information content (AvgIpc) is 2.77. The van der Waals surface area contributed by atoms with Gasteiger partial charge >= 0.3 is 0 Å². The van der Waals surface area contributed by atoms with E-state index in [0.29, 0.717) is 32.8 Å². The van der Waals surface area contributed by atoms with Crippen LogP contribution in [0.15, 0.2) is 30.3 Å². The fourth-order valence-corrected chi connectivity index (χ4v) is 4.17. The zero-order valence-corrected chi connectivity index (χ0v) is 18.4. The topological polar surface area (TPSA) is 65.1 Å². The summed E-state index contributed by atoms with van der Waals surface area (Å²) in [6, 6.07) is 10.9. The van der Waals surface area contributed by atoms with Crippen LogP contribution in [0.5, 0.6) is 0 Å². The van der Waals surface area contributed by atoms with Crippen molar-refractivity contribution < 1.29 is 14.3 Å². The van der Waals surface area contributed by atoms with Crippen molar-refractivity contribution in [2.45, 2.75) is 45.3 Å². The highest BCUT2D eigenvalue weighted by Gasteiger charge is 2.26. The van der Waals surface area contributed by atoms with E-state index in [0.717, 1.165) is 26.2 Å². The Labute approximate surface area is 180 Å². The Bertz CT molecular complexity index is 676. The number of benzene rings is 1. The second-order valence-corrected chi connectivity index (χ2v) is 8.50. The van der Waals surface area contributed by atoms with Crippen LogP contribution < -0.4 is 5.32 Å². The summed E-state index contributed by atoms with van der Waals surface area (Å²) < 4.78 is 5.30. The maximum absolute atomic E-state index is 12.9. The summed E-state index contributed by atoms with van der Waals surface area (Å²) in [5.41, 5.74) is 1.32. The van der Waals surface area contributed by atoms with Crippen LogP contribution in [0.3, 0.4) is 0 Å². The average molecular weight is 417 g/mol. The molecule has 2 aliphatic heterocycles. The van der Waals surface area contributed by atoms with Crippen molar-refractivity contribution in [3.63, 3.8) is 0 Å². The Kier molecular flexibility index (Phi) is 8.66. The Morgan fingerprint density at radius 3 is 2.57 bits per heavy atom. The van der Waals surface area contributed by atoms with Crippen LogP contribution in [0.2, 0.25) is 0 Å². The molecule has 166 valence electrons. The van der Waals surface area contributed by atoms with Gasteiger partial charge in [-0.1, -0.05) is 30.3 Å². The van der Waals surface area contributed by atoms with Gasteiger partial charge in [-0.2, -0.15) is 0 Å². The molecule has 2 heterocycles. The van der Waals surface area contributed by atoms with E-state index in [1.165, 1.54) is 5.56 Å². The van der Waals surface area contributed by atoms with Gasteiger partial charge in [0.2, 0.25) is 11.8 Å². The van der Waals surface area contributed by atoms with Crippen LogP contribution in [0.25, 0.3) is 0 Å². The normalized spacial score (nSPS) is 20.4. The van der Waals surface area contributed by atoms with Crippen LogP contribution >= 0.6 is 0 Å². The van der Waals surface area contributed by atoms with Gasteiger partial charge in [-0.15, -0.1) is 0 Å². The summed E-state index contributed by atoms with van der Waals surface area (Å²) >= 11 is 0. The molecule has 0 bridgehead atoms. The van der Waals surface area contributed by atoms with Crippen molar-refractivity contribution in [2.24, 2.45) is 0 Å². The van der Waals surface area contributed by atoms with Crippen molar-refractivity contribution >= 4 is 11.8 Å². The van der Waals surface area contributed by atoms with E-state index in [2.05, 4.69) is 34.5 Å². The number of nitrogens with zero attached hydrogens (tertiary/aromatic N) is 3. The highest BCUT2D eigenvalue weighted by Crippen LogP contribution is 2.12. The number of nitrogens with one attached hydrogen (secondary N) is 1. The summed E-state index contributed by atoms with van der Waals surface area (Å²) in [6.07, 6.45) is 0.551. The number of amides is 2. The van der Waals surface area contributed by atoms with Gasteiger partial charge in [-0.05, 0) is 19.4 Å². The molecule has 2 saturated heterocycles. The van der Waals surface area contributed by atoms with E-state index in [1.807, 2.05) is 24.8 Å². The first-order valence-electron chi connectivity index (χ1n) is 11.2. The molecule has 0 spiro atoms. The summed E-state index contributed by atoms with van der Waals surface area (Å²) in [6.45, 7) is 11.0. The first-order valence-corrected chi connectivity index (χ1v) is 11.2. The first-order chi connectivity index (χ1) is 14.5. The molecule has 1 N–H and O–H groups in total. The molecule has 1 unspecified atom stereocenters. The molecular weight excluding hydrogens is 380 g/mol. The van der Waals surface area contributed by atoms with E-state index < -0.39 is 0 Å². The number of carbonyl (C=O) groups is 2. The summed E-state index contributed by atoms with van der Waals surface area (Å²) in [4.78, 5) is 31.5. The van der Waals surface area contributed by atoms with Crippen LogP contribution in [0, 0.1) is 0 Å². The zero-order chi connectivity index (χ0) is 21.3. The van der Waals surface area contributed by atoms with Crippen LogP contribution in [0.1, 0.15) is 32.3 Å². The van der Waals surface area contributed by atoms with E-state index >= 15 is 0 Å². The molecule has 7 heteroatoms. The lowest BCUT2D eigenvalue weighted by molar-refractivity contribution is -0.140. The van der Waals surface area contributed by atoms with Gasteiger partial charge in [0.1, 0.15) is 0 Å². The Hall–Kier alpha value is -1.96. The molecule has 0 radical (unpaired) electrons. The molecule has 0 saturated carbocycles. The number of ether oxygens (including phenoxy) is 1. The number of hydrogen-bond donors (Lipinski definition) is 1. The third kappa shape index (κ3) is 6.79. The maximum atomic E-state index is 12.9. The lowest BCUT2D eigenvalue weighted by atomic mass is 10.1.